The molecule has 0 saturated carbocycles. The number of hydrogen-bond donors (Lipinski definition) is 1. The van der Waals surface area contributed by atoms with Crippen LogP contribution >= 0.6 is 11.8 Å². The van der Waals surface area contributed by atoms with Gasteiger partial charge in [0, 0.05) is 24.4 Å². The highest BCUT2D eigenvalue weighted by Gasteiger charge is 2.15. The molecular weight excluding hydrogens is 442 g/mol. The maximum absolute atomic E-state index is 13.5. The van der Waals surface area contributed by atoms with E-state index in [4.69, 9.17) is 4.98 Å². The second kappa shape index (κ2) is 11.2. The zero-order valence-electron chi connectivity index (χ0n) is 19.5. The van der Waals surface area contributed by atoms with E-state index < -0.39 is 0 Å². The first-order valence-corrected chi connectivity index (χ1v) is 12.5. The Morgan fingerprint density at radius 1 is 0.971 bits per heavy atom. The number of aromatic nitrogens is 2. The van der Waals surface area contributed by atoms with Crippen LogP contribution in [0.4, 0.5) is 0 Å². The highest BCUT2D eigenvalue weighted by atomic mass is 32.2. The zero-order valence-corrected chi connectivity index (χ0v) is 20.3. The van der Waals surface area contributed by atoms with Crippen molar-refractivity contribution in [2.24, 2.45) is 5.92 Å². The molecule has 0 spiro atoms. The fourth-order valence-corrected chi connectivity index (χ4v) is 4.64. The van der Waals surface area contributed by atoms with Gasteiger partial charge in [-0.05, 0) is 41.7 Å². The molecule has 0 aliphatic carbocycles. The van der Waals surface area contributed by atoms with Crippen molar-refractivity contribution in [2.75, 3.05) is 6.54 Å². The number of aryl methyl sites for hydroxylation is 1. The van der Waals surface area contributed by atoms with Crippen LogP contribution in [-0.4, -0.2) is 22.0 Å². The quantitative estimate of drug-likeness (QED) is 0.265. The second-order valence-corrected chi connectivity index (χ2v) is 9.64. The van der Waals surface area contributed by atoms with E-state index in [0.717, 1.165) is 6.42 Å². The van der Waals surface area contributed by atoms with Crippen molar-refractivity contribution in [2.45, 2.75) is 37.7 Å². The molecule has 5 nitrogen and oxygen atoms in total. The minimum Gasteiger partial charge on any atom is -0.352 e. The molecule has 0 radical (unpaired) electrons. The molecule has 1 N–H and O–H groups in total. The van der Waals surface area contributed by atoms with E-state index >= 15 is 0 Å². The fraction of sp³-hybridized carbons (Fsp3) is 0.250. The lowest BCUT2D eigenvalue weighted by Gasteiger charge is -2.14. The van der Waals surface area contributed by atoms with Crippen molar-refractivity contribution in [1.82, 2.24) is 14.9 Å². The standard InChI is InChI=1S/C28H29N3O2S/c1-20(2)18-29-26(32)23-13-14-24-25(17-23)30-28(34-19-22-11-7-4-8-12-22)31(27(24)33)16-15-21-9-5-3-6-10-21/h3-14,17,20H,15-16,18-19H2,1-2H3,(H,29,32). The summed E-state index contributed by atoms with van der Waals surface area (Å²) in [5.74, 6) is 0.920. The van der Waals surface area contributed by atoms with Crippen LogP contribution in [0.5, 0.6) is 0 Å². The maximum atomic E-state index is 13.5. The van der Waals surface area contributed by atoms with Gasteiger partial charge in [0.1, 0.15) is 0 Å². The smallest absolute Gasteiger partial charge is 0.262 e. The molecule has 34 heavy (non-hydrogen) atoms. The summed E-state index contributed by atoms with van der Waals surface area (Å²) in [6.45, 7) is 5.25. The summed E-state index contributed by atoms with van der Waals surface area (Å²) in [5, 5.41) is 4.12. The molecule has 0 saturated heterocycles. The first kappa shape index (κ1) is 23.8. The number of hydrogen-bond acceptors (Lipinski definition) is 4. The van der Waals surface area contributed by atoms with Crippen LogP contribution in [0.25, 0.3) is 10.9 Å². The average Bonchev–Trinajstić information content (AvgIpc) is 2.86. The van der Waals surface area contributed by atoms with Gasteiger partial charge in [-0.25, -0.2) is 4.98 Å². The zero-order chi connectivity index (χ0) is 23.9. The van der Waals surface area contributed by atoms with Crippen LogP contribution in [0, 0.1) is 5.92 Å². The van der Waals surface area contributed by atoms with Gasteiger partial charge in [-0.1, -0.05) is 86.3 Å². The van der Waals surface area contributed by atoms with E-state index in [1.54, 1.807) is 34.5 Å². The van der Waals surface area contributed by atoms with Crippen molar-refractivity contribution in [1.29, 1.82) is 0 Å². The Labute approximate surface area is 204 Å². The van der Waals surface area contributed by atoms with E-state index in [1.165, 1.54) is 11.1 Å². The molecule has 3 aromatic carbocycles. The topological polar surface area (TPSA) is 64.0 Å². The molecule has 0 atom stereocenters. The number of benzene rings is 3. The molecule has 0 aliphatic rings. The third-order valence-electron chi connectivity index (χ3n) is 5.53. The SMILES string of the molecule is CC(C)CNC(=O)c1ccc2c(=O)n(CCc3ccccc3)c(SCc3ccccc3)nc2c1. The van der Waals surface area contributed by atoms with Gasteiger partial charge in [0.15, 0.2) is 5.16 Å². The largest absolute Gasteiger partial charge is 0.352 e. The van der Waals surface area contributed by atoms with Gasteiger partial charge in [-0.3, -0.25) is 14.2 Å². The summed E-state index contributed by atoms with van der Waals surface area (Å²) in [6, 6.07) is 25.4. The number of nitrogens with zero attached hydrogens (tertiary/aromatic N) is 2. The number of rotatable bonds is 9. The predicted molar refractivity (Wildman–Crippen MR) is 139 cm³/mol. The third-order valence-corrected chi connectivity index (χ3v) is 6.58. The van der Waals surface area contributed by atoms with E-state index in [2.05, 4.69) is 43.4 Å². The van der Waals surface area contributed by atoms with Crippen LogP contribution in [0.1, 0.15) is 35.3 Å². The number of nitrogens with one attached hydrogen (secondary N) is 1. The van der Waals surface area contributed by atoms with E-state index in [1.807, 2.05) is 36.4 Å². The number of thioether (sulfide) groups is 1. The lowest BCUT2D eigenvalue weighted by Crippen LogP contribution is -2.28. The van der Waals surface area contributed by atoms with Crippen molar-refractivity contribution in [3.05, 3.63) is 106 Å². The summed E-state index contributed by atoms with van der Waals surface area (Å²) in [5.41, 5.74) is 3.32. The van der Waals surface area contributed by atoms with Gasteiger partial charge in [-0.2, -0.15) is 0 Å². The van der Waals surface area contributed by atoms with Gasteiger partial charge < -0.3 is 5.32 Å². The van der Waals surface area contributed by atoms with Gasteiger partial charge in [0.05, 0.1) is 10.9 Å². The summed E-state index contributed by atoms with van der Waals surface area (Å²) < 4.78 is 1.77. The molecule has 4 rings (SSSR count). The molecule has 1 heterocycles. The van der Waals surface area contributed by atoms with Gasteiger partial charge in [0.2, 0.25) is 0 Å². The molecule has 0 aliphatic heterocycles. The van der Waals surface area contributed by atoms with Gasteiger partial charge in [-0.15, -0.1) is 0 Å². The first-order chi connectivity index (χ1) is 16.5. The second-order valence-electron chi connectivity index (χ2n) is 8.70. The monoisotopic (exact) mass is 471 g/mol. The molecule has 1 amide bonds. The molecular formula is C28H29N3O2S. The Hall–Kier alpha value is -3.38. The van der Waals surface area contributed by atoms with Crippen molar-refractivity contribution >= 4 is 28.6 Å². The summed E-state index contributed by atoms with van der Waals surface area (Å²) in [4.78, 5) is 30.9. The van der Waals surface area contributed by atoms with Gasteiger partial charge in [0.25, 0.3) is 11.5 Å². The van der Waals surface area contributed by atoms with Crippen LogP contribution < -0.4 is 10.9 Å². The Morgan fingerprint density at radius 3 is 2.32 bits per heavy atom. The van der Waals surface area contributed by atoms with Crippen LogP contribution in [0.15, 0.2) is 88.8 Å². The molecule has 4 aromatic rings. The van der Waals surface area contributed by atoms with Crippen LogP contribution in [0.2, 0.25) is 0 Å². The molecule has 174 valence electrons. The average molecular weight is 472 g/mol. The Kier molecular flexibility index (Phi) is 7.80. The Bertz CT molecular complexity index is 1320. The van der Waals surface area contributed by atoms with E-state index in [0.29, 0.717) is 46.4 Å². The highest BCUT2D eigenvalue weighted by Crippen LogP contribution is 2.23. The maximum Gasteiger partial charge on any atom is 0.262 e. The van der Waals surface area contributed by atoms with Gasteiger partial charge >= 0.3 is 0 Å². The Balaban J connectivity index is 1.68. The summed E-state index contributed by atoms with van der Waals surface area (Å²) in [6.07, 6.45) is 0.739. The van der Waals surface area contributed by atoms with Crippen molar-refractivity contribution in [3.63, 3.8) is 0 Å². The highest BCUT2D eigenvalue weighted by molar-refractivity contribution is 7.98. The minimum absolute atomic E-state index is 0.0781. The van der Waals surface area contributed by atoms with Crippen LogP contribution in [-0.2, 0) is 18.7 Å². The molecule has 0 fully saturated rings. The molecule has 6 heteroatoms. The number of carbonyl (C=O) groups is 1. The van der Waals surface area contributed by atoms with E-state index in [9.17, 15) is 9.59 Å². The summed E-state index contributed by atoms with van der Waals surface area (Å²) in [7, 11) is 0. The predicted octanol–water partition coefficient (Wildman–Crippen LogP) is 5.32. The van der Waals surface area contributed by atoms with Crippen molar-refractivity contribution in [3.8, 4) is 0 Å². The van der Waals surface area contributed by atoms with Crippen molar-refractivity contribution < 1.29 is 4.79 Å². The lowest BCUT2D eigenvalue weighted by atomic mass is 10.1. The first-order valence-electron chi connectivity index (χ1n) is 11.5. The fourth-order valence-electron chi connectivity index (χ4n) is 3.66. The molecule has 0 unspecified atom stereocenters. The lowest BCUT2D eigenvalue weighted by molar-refractivity contribution is 0.0949. The third kappa shape index (κ3) is 5.94. The summed E-state index contributed by atoms with van der Waals surface area (Å²) >= 11 is 1.54. The molecule has 1 aromatic heterocycles. The Morgan fingerprint density at radius 2 is 1.65 bits per heavy atom. The number of amides is 1. The number of fused-ring (bicyclic) bond motifs is 1. The normalized spacial score (nSPS) is 11.1. The van der Waals surface area contributed by atoms with Crippen LogP contribution in [0.3, 0.4) is 0 Å². The van der Waals surface area contributed by atoms with E-state index in [-0.39, 0.29) is 11.5 Å². The number of carbonyl (C=O) groups excluding carboxylic acids is 1. The molecule has 0 bridgehead atoms. The minimum atomic E-state index is -0.149.